The Morgan fingerprint density at radius 2 is 1.63 bits per heavy atom. The summed E-state index contributed by atoms with van der Waals surface area (Å²) < 4.78 is 15.2. The number of nitrogens with one attached hydrogen (secondary N) is 3. The summed E-state index contributed by atoms with van der Waals surface area (Å²) in [4.78, 5) is 48.0. The summed E-state index contributed by atoms with van der Waals surface area (Å²) in [6.07, 6.45) is 2.65. The van der Waals surface area contributed by atoms with Crippen molar-refractivity contribution in [3.05, 3.63) is 23.8 Å². The van der Waals surface area contributed by atoms with Crippen LogP contribution in [0.1, 0.15) is 43.0 Å². The number of benzene rings is 1. The van der Waals surface area contributed by atoms with E-state index < -0.39 is 36.5 Å². The maximum atomic E-state index is 12.3. The zero-order chi connectivity index (χ0) is 22.1. The number of carbonyl (C=O) groups excluding carboxylic acids is 4. The Morgan fingerprint density at radius 3 is 2.20 bits per heavy atom. The largest absolute Gasteiger partial charge is 0.497 e. The van der Waals surface area contributed by atoms with Crippen LogP contribution in [0.5, 0.6) is 11.5 Å². The van der Waals surface area contributed by atoms with Crippen LogP contribution in [0.2, 0.25) is 0 Å². The lowest BCUT2D eigenvalue weighted by Crippen LogP contribution is -2.47. The Labute approximate surface area is 174 Å². The fourth-order valence-electron chi connectivity index (χ4n) is 2.99. The SMILES string of the molecule is COc1cc(OC)cc(C(=O)NCC(=O)O[C@H](C)C(=O)NC(=O)NC2CCCC2)c1. The van der Waals surface area contributed by atoms with E-state index in [1.54, 1.807) is 6.07 Å². The van der Waals surface area contributed by atoms with E-state index in [2.05, 4.69) is 16.0 Å². The van der Waals surface area contributed by atoms with Gasteiger partial charge in [0, 0.05) is 17.7 Å². The molecule has 0 bridgehead atoms. The molecule has 4 amide bonds. The van der Waals surface area contributed by atoms with E-state index in [-0.39, 0.29) is 11.6 Å². The van der Waals surface area contributed by atoms with Gasteiger partial charge in [-0.25, -0.2) is 4.79 Å². The Kier molecular flexibility index (Phi) is 8.45. The zero-order valence-corrected chi connectivity index (χ0v) is 17.3. The molecule has 0 aliphatic heterocycles. The molecule has 3 N–H and O–H groups in total. The molecule has 30 heavy (non-hydrogen) atoms. The van der Waals surface area contributed by atoms with Crippen LogP contribution in [0, 0.1) is 0 Å². The van der Waals surface area contributed by atoms with E-state index in [1.165, 1.54) is 33.3 Å². The average Bonchev–Trinajstić information content (AvgIpc) is 3.24. The summed E-state index contributed by atoms with van der Waals surface area (Å²) >= 11 is 0. The molecule has 1 atom stereocenters. The first kappa shape index (κ1) is 23.0. The fourth-order valence-corrected chi connectivity index (χ4v) is 2.99. The van der Waals surface area contributed by atoms with Crippen molar-refractivity contribution in [1.29, 1.82) is 0 Å². The number of hydrogen-bond donors (Lipinski definition) is 3. The molecule has 0 aromatic heterocycles. The second kappa shape index (κ2) is 11.0. The van der Waals surface area contributed by atoms with Crippen LogP contribution in [0.4, 0.5) is 4.79 Å². The van der Waals surface area contributed by atoms with Gasteiger partial charge in [-0.15, -0.1) is 0 Å². The van der Waals surface area contributed by atoms with Crippen LogP contribution in [0.15, 0.2) is 18.2 Å². The van der Waals surface area contributed by atoms with Crippen molar-refractivity contribution in [2.24, 2.45) is 0 Å². The predicted octanol–water partition coefficient (Wildman–Crippen LogP) is 1.13. The Hall–Kier alpha value is -3.30. The minimum absolute atomic E-state index is 0.0566. The van der Waals surface area contributed by atoms with Crippen LogP contribution in [-0.4, -0.2) is 56.7 Å². The molecule has 0 unspecified atom stereocenters. The van der Waals surface area contributed by atoms with Gasteiger partial charge in [0.1, 0.15) is 18.0 Å². The number of amides is 4. The van der Waals surface area contributed by atoms with Crippen LogP contribution in [-0.2, 0) is 14.3 Å². The molecular formula is C20H27N3O7. The predicted molar refractivity (Wildman–Crippen MR) is 106 cm³/mol. The smallest absolute Gasteiger partial charge is 0.326 e. The number of ether oxygens (including phenoxy) is 3. The lowest BCUT2D eigenvalue weighted by molar-refractivity contribution is -0.153. The fraction of sp³-hybridized carbons (Fsp3) is 0.500. The number of hydrogen-bond acceptors (Lipinski definition) is 7. The van der Waals surface area contributed by atoms with Crippen LogP contribution in [0.3, 0.4) is 0 Å². The molecule has 0 radical (unpaired) electrons. The van der Waals surface area contributed by atoms with E-state index >= 15 is 0 Å². The first-order valence-electron chi connectivity index (χ1n) is 9.64. The maximum absolute atomic E-state index is 12.3. The molecule has 1 saturated carbocycles. The molecule has 10 nitrogen and oxygen atoms in total. The monoisotopic (exact) mass is 421 g/mol. The third kappa shape index (κ3) is 6.94. The topological polar surface area (TPSA) is 132 Å². The highest BCUT2D eigenvalue weighted by Gasteiger charge is 2.23. The van der Waals surface area contributed by atoms with Gasteiger partial charge < -0.3 is 24.8 Å². The molecule has 1 fully saturated rings. The van der Waals surface area contributed by atoms with E-state index in [0.717, 1.165) is 25.7 Å². The lowest BCUT2D eigenvalue weighted by atomic mass is 10.2. The van der Waals surface area contributed by atoms with Crippen molar-refractivity contribution in [1.82, 2.24) is 16.0 Å². The van der Waals surface area contributed by atoms with Crippen LogP contribution < -0.4 is 25.4 Å². The molecule has 10 heteroatoms. The molecule has 1 aromatic carbocycles. The quantitative estimate of drug-likeness (QED) is 0.536. The number of esters is 1. The van der Waals surface area contributed by atoms with Crippen molar-refractivity contribution in [2.45, 2.75) is 44.8 Å². The van der Waals surface area contributed by atoms with Gasteiger partial charge >= 0.3 is 12.0 Å². The minimum atomic E-state index is -1.19. The van der Waals surface area contributed by atoms with Crippen molar-refractivity contribution >= 4 is 23.8 Å². The van der Waals surface area contributed by atoms with Gasteiger partial charge in [-0.1, -0.05) is 12.8 Å². The van der Waals surface area contributed by atoms with Gasteiger partial charge in [-0.2, -0.15) is 0 Å². The van der Waals surface area contributed by atoms with Crippen molar-refractivity contribution in [3.8, 4) is 11.5 Å². The van der Waals surface area contributed by atoms with E-state index in [1.807, 2.05) is 0 Å². The van der Waals surface area contributed by atoms with Gasteiger partial charge in [0.05, 0.1) is 14.2 Å². The highest BCUT2D eigenvalue weighted by atomic mass is 16.5. The number of methoxy groups -OCH3 is 2. The summed E-state index contributed by atoms with van der Waals surface area (Å²) in [5.74, 6) is -1.27. The minimum Gasteiger partial charge on any atom is -0.497 e. The number of urea groups is 1. The number of carbonyl (C=O) groups is 4. The van der Waals surface area contributed by atoms with Gasteiger partial charge in [0.2, 0.25) is 0 Å². The summed E-state index contributed by atoms with van der Waals surface area (Å²) in [6, 6.07) is 4.02. The summed E-state index contributed by atoms with van der Waals surface area (Å²) in [7, 11) is 2.91. The third-order valence-corrected chi connectivity index (χ3v) is 4.61. The third-order valence-electron chi connectivity index (χ3n) is 4.61. The maximum Gasteiger partial charge on any atom is 0.326 e. The highest BCUT2D eigenvalue weighted by molar-refractivity contribution is 5.98. The zero-order valence-electron chi connectivity index (χ0n) is 17.3. The molecule has 1 aliphatic carbocycles. The normalized spacial score (nSPS) is 14.4. The second-order valence-corrected chi connectivity index (χ2v) is 6.86. The van der Waals surface area contributed by atoms with Crippen molar-refractivity contribution in [2.75, 3.05) is 20.8 Å². The van der Waals surface area contributed by atoms with E-state index in [0.29, 0.717) is 11.5 Å². The molecule has 1 aliphatic rings. The van der Waals surface area contributed by atoms with Crippen LogP contribution in [0.25, 0.3) is 0 Å². The summed E-state index contributed by atoms with van der Waals surface area (Å²) in [6.45, 7) is 0.884. The highest BCUT2D eigenvalue weighted by Crippen LogP contribution is 2.22. The molecule has 164 valence electrons. The second-order valence-electron chi connectivity index (χ2n) is 6.86. The average molecular weight is 421 g/mol. The van der Waals surface area contributed by atoms with Gasteiger partial charge in [0.15, 0.2) is 6.10 Å². The number of imide groups is 1. The first-order chi connectivity index (χ1) is 14.3. The molecule has 0 spiro atoms. The Morgan fingerprint density at radius 1 is 1.03 bits per heavy atom. The molecule has 0 heterocycles. The summed E-state index contributed by atoms with van der Waals surface area (Å²) in [5.41, 5.74) is 0.230. The molecular weight excluding hydrogens is 394 g/mol. The first-order valence-corrected chi connectivity index (χ1v) is 9.64. The standard InChI is InChI=1S/C20H27N3O7/c1-12(18(25)23-20(27)22-14-6-4-5-7-14)30-17(24)11-21-19(26)13-8-15(28-2)10-16(9-13)29-3/h8-10,12,14H,4-7,11H2,1-3H3,(H,21,26)(H2,22,23,25,27)/t12-/m1/s1. The van der Waals surface area contributed by atoms with Crippen LogP contribution >= 0.6 is 0 Å². The van der Waals surface area contributed by atoms with Gasteiger partial charge in [-0.05, 0) is 31.9 Å². The molecule has 1 aromatic rings. The molecule has 2 rings (SSSR count). The Bertz CT molecular complexity index is 768. The van der Waals surface area contributed by atoms with E-state index in [9.17, 15) is 19.2 Å². The van der Waals surface area contributed by atoms with E-state index in [4.69, 9.17) is 14.2 Å². The Balaban J connectivity index is 1.78. The summed E-state index contributed by atoms with van der Waals surface area (Å²) in [5, 5.41) is 7.25. The van der Waals surface area contributed by atoms with Crippen molar-refractivity contribution in [3.63, 3.8) is 0 Å². The van der Waals surface area contributed by atoms with Crippen molar-refractivity contribution < 1.29 is 33.4 Å². The lowest BCUT2D eigenvalue weighted by Gasteiger charge is -2.15. The number of rotatable bonds is 8. The molecule has 0 saturated heterocycles. The van der Waals surface area contributed by atoms with Gasteiger partial charge in [0.25, 0.3) is 11.8 Å². The van der Waals surface area contributed by atoms with Gasteiger partial charge in [-0.3, -0.25) is 19.7 Å².